The Kier molecular flexibility index (Phi) is 6.93. The van der Waals surface area contributed by atoms with Crippen molar-refractivity contribution in [2.24, 2.45) is 0 Å². The van der Waals surface area contributed by atoms with Gasteiger partial charge in [0.05, 0.1) is 30.2 Å². The minimum Gasteiger partial charge on any atom is -0.493 e. The van der Waals surface area contributed by atoms with Gasteiger partial charge in [-0.25, -0.2) is 0 Å². The Labute approximate surface area is 218 Å². The fourth-order valence-electron chi connectivity index (χ4n) is 4.11. The van der Waals surface area contributed by atoms with Crippen LogP contribution in [0.3, 0.4) is 0 Å². The van der Waals surface area contributed by atoms with Crippen LogP contribution in [-0.4, -0.2) is 23.2 Å². The number of benzene rings is 4. The Balaban J connectivity index is 1.31. The second-order valence-electron chi connectivity index (χ2n) is 8.42. The van der Waals surface area contributed by atoms with E-state index in [1.54, 1.807) is 36.4 Å². The summed E-state index contributed by atoms with van der Waals surface area (Å²) in [7, 11) is 1.53. The number of ether oxygens (including phenoxy) is 2. The molecular weight excluding hydrogens is 484 g/mol. The molecule has 0 bridgehead atoms. The van der Waals surface area contributed by atoms with E-state index in [0.717, 1.165) is 33.7 Å². The van der Waals surface area contributed by atoms with Crippen molar-refractivity contribution in [3.8, 4) is 17.6 Å². The molecule has 0 spiro atoms. The highest BCUT2D eigenvalue weighted by Gasteiger charge is 2.35. The van der Waals surface area contributed by atoms with E-state index in [0.29, 0.717) is 27.5 Å². The predicted octanol–water partition coefficient (Wildman–Crippen LogP) is 6.54. The summed E-state index contributed by atoms with van der Waals surface area (Å²) in [6.07, 6.45) is 1.68. The number of amides is 2. The van der Waals surface area contributed by atoms with Gasteiger partial charge in [0.15, 0.2) is 11.5 Å². The van der Waals surface area contributed by atoms with Crippen LogP contribution in [0.5, 0.6) is 11.5 Å². The third-order valence-electron chi connectivity index (χ3n) is 6.03. The van der Waals surface area contributed by atoms with E-state index in [2.05, 4.69) is 6.07 Å². The zero-order chi connectivity index (χ0) is 25.8. The maximum absolute atomic E-state index is 13.1. The minimum absolute atomic E-state index is 0.215. The van der Waals surface area contributed by atoms with Crippen molar-refractivity contribution in [2.75, 3.05) is 7.11 Å². The van der Waals surface area contributed by atoms with Gasteiger partial charge >= 0.3 is 0 Å². The lowest BCUT2D eigenvalue weighted by Crippen LogP contribution is -2.27. The largest absolute Gasteiger partial charge is 0.493 e. The van der Waals surface area contributed by atoms with Crippen molar-refractivity contribution in [3.05, 3.63) is 112 Å². The molecule has 0 saturated carbocycles. The molecule has 6 nitrogen and oxygen atoms in total. The summed E-state index contributed by atoms with van der Waals surface area (Å²) in [5.74, 6) is 0.672. The Morgan fingerprint density at radius 2 is 1.70 bits per heavy atom. The Hall–Kier alpha value is -4.54. The summed E-state index contributed by atoms with van der Waals surface area (Å²) >= 11 is 0.925. The van der Waals surface area contributed by atoms with Crippen molar-refractivity contribution in [1.29, 1.82) is 5.26 Å². The summed E-state index contributed by atoms with van der Waals surface area (Å²) < 4.78 is 11.4. The lowest BCUT2D eigenvalue weighted by molar-refractivity contribution is -0.123. The van der Waals surface area contributed by atoms with Gasteiger partial charge < -0.3 is 9.47 Å². The fourth-order valence-corrected chi connectivity index (χ4v) is 4.95. The van der Waals surface area contributed by atoms with Gasteiger partial charge in [0.1, 0.15) is 6.61 Å². The summed E-state index contributed by atoms with van der Waals surface area (Å²) in [5.41, 5.74) is 2.93. The van der Waals surface area contributed by atoms with Crippen LogP contribution in [0.25, 0.3) is 16.8 Å². The van der Waals surface area contributed by atoms with Gasteiger partial charge in [0, 0.05) is 5.56 Å². The van der Waals surface area contributed by atoms with Crippen molar-refractivity contribution >= 4 is 39.8 Å². The van der Waals surface area contributed by atoms with E-state index in [1.807, 2.05) is 54.6 Å². The molecule has 182 valence electrons. The average Bonchev–Trinajstić information content (AvgIpc) is 3.19. The summed E-state index contributed by atoms with van der Waals surface area (Å²) in [5, 5.41) is 11.2. The molecule has 5 rings (SSSR count). The maximum Gasteiger partial charge on any atom is 0.293 e. The quantitative estimate of drug-likeness (QED) is 0.265. The van der Waals surface area contributed by atoms with Crippen molar-refractivity contribution in [1.82, 2.24) is 4.90 Å². The molecule has 1 saturated heterocycles. The zero-order valence-electron chi connectivity index (χ0n) is 20.0. The number of fused-ring (bicyclic) bond motifs is 1. The number of carbonyl (C=O) groups excluding carboxylic acids is 2. The molecule has 0 radical (unpaired) electrons. The molecule has 4 aromatic carbocycles. The SMILES string of the molecule is COc1cc(/C=C2\SC(=O)N(Cc3ccc4ccccc4c3)C2=O)ccc1OCc1ccccc1C#N. The summed E-state index contributed by atoms with van der Waals surface area (Å²) in [6.45, 7) is 0.431. The first-order valence-electron chi connectivity index (χ1n) is 11.6. The second kappa shape index (κ2) is 10.6. The lowest BCUT2D eigenvalue weighted by Gasteiger charge is -2.13. The molecular formula is C30H22N2O4S. The predicted molar refractivity (Wildman–Crippen MR) is 144 cm³/mol. The van der Waals surface area contributed by atoms with E-state index in [-0.39, 0.29) is 24.3 Å². The van der Waals surface area contributed by atoms with Crippen molar-refractivity contribution in [2.45, 2.75) is 13.2 Å². The van der Waals surface area contributed by atoms with Gasteiger partial charge in [0.25, 0.3) is 11.1 Å². The Bertz CT molecular complexity index is 1590. The number of nitrogens with zero attached hydrogens (tertiary/aromatic N) is 2. The number of thioether (sulfide) groups is 1. The van der Waals surface area contributed by atoms with Crippen LogP contribution < -0.4 is 9.47 Å². The van der Waals surface area contributed by atoms with Crippen LogP contribution in [0.1, 0.15) is 22.3 Å². The van der Waals surface area contributed by atoms with Gasteiger partial charge in [-0.1, -0.05) is 60.7 Å². The van der Waals surface area contributed by atoms with E-state index in [4.69, 9.17) is 9.47 Å². The molecule has 0 atom stereocenters. The van der Waals surface area contributed by atoms with Gasteiger partial charge in [-0.05, 0) is 64.0 Å². The van der Waals surface area contributed by atoms with Gasteiger partial charge in [-0.15, -0.1) is 0 Å². The molecule has 37 heavy (non-hydrogen) atoms. The first kappa shape index (κ1) is 24.2. The molecule has 1 heterocycles. The van der Waals surface area contributed by atoms with Gasteiger partial charge in [0.2, 0.25) is 0 Å². The molecule has 0 N–H and O–H groups in total. The Morgan fingerprint density at radius 3 is 2.51 bits per heavy atom. The molecule has 2 amide bonds. The number of carbonyl (C=O) groups is 2. The molecule has 1 aliphatic rings. The average molecular weight is 507 g/mol. The molecule has 0 aromatic heterocycles. The van der Waals surface area contributed by atoms with Crippen molar-refractivity contribution < 1.29 is 19.1 Å². The highest BCUT2D eigenvalue weighted by Crippen LogP contribution is 2.35. The molecule has 7 heteroatoms. The zero-order valence-corrected chi connectivity index (χ0v) is 20.8. The topological polar surface area (TPSA) is 79.6 Å². The van der Waals surface area contributed by atoms with Gasteiger partial charge in [-0.2, -0.15) is 5.26 Å². The van der Waals surface area contributed by atoms with Gasteiger partial charge in [-0.3, -0.25) is 14.5 Å². The van der Waals surface area contributed by atoms with E-state index < -0.39 is 0 Å². The smallest absolute Gasteiger partial charge is 0.293 e. The molecule has 0 unspecified atom stereocenters. The maximum atomic E-state index is 13.1. The fraction of sp³-hybridized carbons (Fsp3) is 0.100. The number of imide groups is 1. The molecule has 0 aliphatic carbocycles. The van der Waals surface area contributed by atoms with E-state index in [1.165, 1.54) is 12.0 Å². The number of hydrogen-bond acceptors (Lipinski definition) is 6. The first-order chi connectivity index (χ1) is 18.1. The first-order valence-corrected chi connectivity index (χ1v) is 12.4. The molecule has 1 fully saturated rings. The minimum atomic E-state index is -0.324. The number of rotatable bonds is 7. The molecule has 4 aromatic rings. The van der Waals surface area contributed by atoms with E-state index in [9.17, 15) is 14.9 Å². The van der Waals surface area contributed by atoms with Crippen LogP contribution in [0.4, 0.5) is 4.79 Å². The number of nitriles is 1. The number of methoxy groups -OCH3 is 1. The number of hydrogen-bond donors (Lipinski definition) is 0. The summed E-state index contributed by atoms with van der Waals surface area (Å²) in [4.78, 5) is 27.3. The normalized spacial score (nSPS) is 14.3. The third-order valence-corrected chi connectivity index (χ3v) is 6.94. The molecule has 1 aliphatic heterocycles. The van der Waals surface area contributed by atoms with Crippen molar-refractivity contribution in [3.63, 3.8) is 0 Å². The van der Waals surface area contributed by atoms with E-state index >= 15 is 0 Å². The standard InChI is InChI=1S/C30H22N2O4S/c1-35-27-15-20(11-13-26(27)36-19-25-9-5-4-8-24(25)17-31)16-28-29(33)32(30(34)37-28)18-21-10-12-22-6-2-3-7-23(22)14-21/h2-16H,18-19H2,1H3/b28-16-. The van der Waals surface area contributed by atoms with Crippen LogP contribution in [0.2, 0.25) is 0 Å². The van der Waals surface area contributed by atoms with Crippen LogP contribution in [0, 0.1) is 11.3 Å². The third kappa shape index (κ3) is 5.20. The Morgan fingerprint density at radius 1 is 0.919 bits per heavy atom. The monoisotopic (exact) mass is 506 g/mol. The summed E-state index contributed by atoms with van der Waals surface area (Å²) in [6, 6.07) is 28.6. The van der Waals surface area contributed by atoms with Crippen LogP contribution in [-0.2, 0) is 17.9 Å². The van der Waals surface area contributed by atoms with Crippen LogP contribution in [0.15, 0.2) is 89.8 Å². The second-order valence-corrected chi connectivity index (χ2v) is 9.41. The highest BCUT2D eigenvalue weighted by atomic mass is 32.2. The highest BCUT2D eigenvalue weighted by molar-refractivity contribution is 8.18. The van der Waals surface area contributed by atoms with Crippen LogP contribution >= 0.6 is 11.8 Å². The lowest BCUT2D eigenvalue weighted by atomic mass is 10.1.